The standard InChI is InChI=1S/C21H25N9O6/c1-11-16-12(9-35-3)7-15(26-18(16)28(2)27-11)36-21-17(30(33)34)19(24-10-25-21)29-6-4-5-13(29)20(32)23-8-14(22)31/h7,10,13H,4-6,8-9H2,1-3H3,(H2,22,31)(H,23,32). The summed E-state index contributed by atoms with van der Waals surface area (Å²) in [5.74, 6) is -1.52. The van der Waals surface area contributed by atoms with E-state index in [-0.39, 0.29) is 30.7 Å². The molecule has 15 nitrogen and oxygen atoms in total. The van der Waals surface area contributed by atoms with Gasteiger partial charge in [-0.1, -0.05) is 0 Å². The third-order valence-corrected chi connectivity index (χ3v) is 5.74. The Balaban J connectivity index is 1.72. The zero-order chi connectivity index (χ0) is 26.0. The molecular formula is C21H25N9O6. The van der Waals surface area contributed by atoms with Crippen molar-refractivity contribution in [3.05, 3.63) is 33.8 Å². The molecule has 190 valence electrons. The number of rotatable bonds is 9. The van der Waals surface area contributed by atoms with Gasteiger partial charge in [0.25, 0.3) is 0 Å². The summed E-state index contributed by atoms with van der Waals surface area (Å²) in [6.07, 6.45) is 2.13. The van der Waals surface area contributed by atoms with Gasteiger partial charge in [-0.2, -0.15) is 15.1 Å². The normalized spacial score (nSPS) is 15.3. The van der Waals surface area contributed by atoms with Crippen LogP contribution in [0.1, 0.15) is 24.1 Å². The van der Waals surface area contributed by atoms with E-state index in [1.165, 1.54) is 4.90 Å². The van der Waals surface area contributed by atoms with Gasteiger partial charge in [0.05, 0.1) is 23.8 Å². The Morgan fingerprint density at radius 3 is 2.83 bits per heavy atom. The smallest absolute Gasteiger partial charge is 0.373 e. The van der Waals surface area contributed by atoms with Crippen molar-refractivity contribution >= 4 is 34.4 Å². The molecule has 0 bridgehead atoms. The molecular weight excluding hydrogens is 474 g/mol. The molecule has 0 saturated carbocycles. The number of pyridine rings is 1. The molecule has 0 spiro atoms. The molecule has 0 aromatic carbocycles. The first-order chi connectivity index (χ1) is 17.2. The summed E-state index contributed by atoms with van der Waals surface area (Å²) in [4.78, 5) is 49.2. The number of fused-ring (bicyclic) bond motifs is 1. The fraction of sp³-hybridized carbons (Fsp3) is 0.429. The maximum atomic E-state index is 12.6. The molecule has 0 radical (unpaired) electrons. The number of aryl methyl sites for hydroxylation is 2. The number of ether oxygens (including phenoxy) is 2. The summed E-state index contributed by atoms with van der Waals surface area (Å²) in [5, 5.41) is 19.7. The summed E-state index contributed by atoms with van der Waals surface area (Å²) in [6, 6.07) is 0.841. The fourth-order valence-electron chi connectivity index (χ4n) is 4.31. The molecule has 1 aliphatic heterocycles. The first-order valence-corrected chi connectivity index (χ1v) is 11.0. The van der Waals surface area contributed by atoms with Gasteiger partial charge in [0.1, 0.15) is 12.4 Å². The minimum atomic E-state index is -0.772. The van der Waals surface area contributed by atoms with Gasteiger partial charge in [0.2, 0.25) is 23.5 Å². The first kappa shape index (κ1) is 24.7. The lowest BCUT2D eigenvalue weighted by Gasteiger charge is -2.24. The molecule has 0 aliphatic carbocycles. The van der Waals surface area contributed by atoms with Crippen LogP contribution in [0.4, 0.5) is 11.5 Å². The molecule has 36 heavy (non-hydrogen) atoms. The average Bonchev–Trinajstić information content (AvgIpc) is 3.42. The number of nitrogens with zero attached hydrogens (tertiary/aromatic N) is 7. The highest BCUT2D eigenvalue weighted by Gasteiger charge is 2.38. The van der Waals surface area contributed by atoms with Crippen molar-refractivity contribution in [3.63, 3.8) is 0 Å². The highest BCUT2D eigenvalue weighted by molar-refractivity contribution is 5.90. The third kappa shape index (κ3) is 4.72. The Morgan fingerprint density at radius 2 is 2.14 bits per heavy atom. The van der Waals surface area contributed by atoms with Crippen molar-refractivity contribution in [1.82, 2.24) is 30.0 Å². The highest BCUT2D eigenvalue weighted by Crippen LogP contribution is 2.39. The van der Waals surface area contributed by atoms with Crippen LogP contribution in [-0.2, 0) is 28.0 Å². The summed E-state index contributed by atoms with van der Waals surface area (Å²) in [7, 11) is 3.27. The second-order valence-corrected chi connectivity index (χ2v) is 8.21. The molecule has 3 aromatic rings. The number of nitro groups is 1. The number of hydrogen-bond donors (Lipinski definition) is 2. The van der Waals surface area contributed by atoms with Gasteiger partial charge in [-0.05, 0) is 25.3 Å². The SMILES string of the molecule is COCc1cc(Oc2ncnc(N3CCCC3C(=O)NCC(N)=O)c2[N+](=O)[O-])nc2c1c(C)nn2C. The molecule has 4 heterocycles. The van der Waals surface area contributed by atoms with Crippen molar-refractivity contribution in [1.29, 1.82) is 0 Å². The molecule has 4 rings (SSSR count). The van der Waals surface area contributed by atoms with Crippen LogP contribution in [0.15, 0.2) is 12.4 Å². The Kier molecular flexibility index (Phi) is 6.91. The van der Waals surface area contributed by atoms with Crippen LogP contribution in [0.25, 0.3) is 11.0 Å². The molecule has 3 aromatic heterocycles. The first-order valence-electron chi connectivity index (χ1n) is 11.0. The minimum Gasteiger partial charge on any atom is -0.414 e. The molecule has 1 aliphatic rings. The molecule has 1 atom stereocenters. The Labute approximate surface area is 204 Å². The van der Waals surface area contributed by atoms with Gasteiger partial charge in [-0.25, -0.2) is 4.98 Å². The topological polar surface area (TPSA) is 194 Å². The zero-order valence-electron chi connectivity index (χ0n) is 19.9. The van der Waals surface area contributed by atoms with E-state index in [4.69, 9.17) is 15.2 Å². The van der Waals surface area contributed by atoms with E-state index in [9.17, 15) is 19.7 Å². The number of carbonyl (C=O) groups is 2. The number of primary amides is 1. The number of amides is 2. The molecule has 2 amide bonds. The predicted octanol–water partition coefficient (Wildman–Crippen LogP) is 0.484. The predicted molar refractivity (Wildman–Crippen MR) is 125 cm³/mol. The number of methoxy groups -OCH3 is 1. The van der Waals surface area contributed by atoms with E-state index < -0.39 is 28.5 Å². The van der Waals surface area contributed by atoms with Gasteiger partial charge in [-0.15, -0.1) is 0 Å². The Hall–Kier alpha value is -4.40. The number of hydrogen-bond acceptors (Lipinski definition) is 11. The Bertz CT molecular complexity index is 1340. The van der Waals surface area contributed by atoms with Crippen molar-refractivity contribution in [2.75, 3.05) is 25.1 Å². The van der Waals surface area contributed by atoms with E-state index in [1.807, 2.05) is 6.92 Å². The van der Waals surface area contributed by atoms with Crippen molar-refractivity contribution < 1.29 is 24.0 Å². The number of carbonyl (C=O) groups excluding carboxylic acids is 2. The zero-order valence-corrected chi connectivity index (χ0v) is 19.9. The van der Waals surface area contributed by atoms with Crippen LogP contribution in [0.3, 0.4) is 0 Å². The second-order valence-electron chi connectivity index (χ2n) is 8.21. The molecule has 3 N–H and O–H groups in total. The van der Waals surface area contributed by atoms with Gasteiger partial charge in [0, 0.05) is 32.2 Å². The lowest BCUT2D eigenvalue weighted by Crippen LogP contribution is -2.46. The monoisotopic (exact) mass is 499 g/mol. The van der Waals surface area contributed by atoms with E-state index in [0.717, 1.165) is 23.0 Å². The summed E-state index contributed by atoms with van der Waals surface area (Å²) in [5.41, 5.74) is 6.60. The van der Waals surface area contributed by atoms with Crippen molar-refractivity contribution in [3.8, 4) is 11.8 Å². The van der Waals surface area contributed by atoms with Crippen LogP contribution in [0, 0.1) is 17.0 Å². The van der Waals surface area contributed by atoms with Crippen LogP contribution >= 0.6 is 0 Å². The average molecular weight is 499 g/mol. The minimum absolute atomic E-state index is 0.0578. The summed E-state index contributed by atoms with van der Waals surface area (Å²) >= 11 is 0. The van der Waals surface area contributed by atoms with E-state index in [2.05, 4.69) is 25.4 Å². The van der Waals surface area contributed by atoms with E-state index >= 15 is 0 Å². The molecule has 15 heteroatoms. The number of anilines is 1. The van der Waals surface area contributed by atoms with Gasteiger partial charge in [-0.3, -0.25) is 24.4 Å². The van der Waals surface area contributed by atoms with Gasteiger partial charge >= 0.3 is 11.6 Å². The third-order valence-electron chi connectivity index (χ3n) is 5.74. The Morgan fingerprint density at radius 1 is 1.36 bits per heavy atom. The summed E-state index contributed by atoms with van der Waals surface area (Å²) in [6.45, 7) is 2.09. The summed E-state index contributed by atoms with van der Waals surface area (Å²) < 4.78 is 12.7. The maximum absolute atomic E-state index is 12.6. The van der Waals surface area contributed by atoms with Gasteiger partial charge < -0.3 is 25.4 Å². The maximum Gasteiger partial charge on any atom is 0.373 e. The second kappa shape index (κ2) is 10.1. The van der Waals surface area contributed by atoms with Crippen LogP contribution in [0.2, 0.25) is 0 Å². The molecule has 1 unspecified atom stereocenters. The lowest BCUT2D eigenvalue weighted by atomic mass is 10.1. The number of nitrogens with two attached hydrogens (primary N) is 1. The quantitative estimate of drug-likeness (QED) is 0.307. The highest BCUT2D eigenvalue weighted by atomic mass is 16.6. The van der Waals surface area contributed by atoms with Gasteiger partial charge in [0.15, 0.2) is 5.65 Å². The van der Waals surface area contributed by atoms with E-state index in [1.54, 1.807) is 24.9 Å². The van der Waals surface area contributed by atoms with Crippen LogP contribution < -0.4 is 20.7 Å². The number of nitrogens with one attached hydrogen (secondary N) is 1. The molecule has 1 saturated heterocycles. The van der Waals surface area contributed by atoms with Crippen molar-refractivity contribution in [2.45, 2.75) is 32.4 Å². The largest absolute Gasteiger partial charge is 0.414 e. The van der Waals surface area contributed by atoms with Crippen LogP contribution in [0.5, 0.6) is 11.8 Å². The van der Waals surface area contributed by atoms with E-state index in [0.29, 0.717) is 25.0 Å². The molecule has 1 fully saturated rings. The van der Waals surface area contributed by atoms with Crippen molar-refractivity contribution in [2.24, 2.45) is 12.8 Å². The number of aromatic nitrogens is 5. The van der Waals surface area contributed by atoms with Crippen LogP contribution in [-0.4, -0.2) is 67.7 Å². The fourth-order valence-corrected chi connectivity index (χ4v) is 4.31. The lowest BCUT2D eigenvalue weighted by molar-refractivity contribution is -0.385.